The van der Waals surface area contributed by atoms with Crippen LogP contribution in [0.4, 0.5) is 0 Å². The highest BCUT2D eigenvalue weighted by Gasteiger charge is 2.57. The number of fused-ring (bicyclic) bond motifs is 3. The molecule has 0 radical (unpaired) electrons. The molecule has 3 heterocycles. The molecule has 140 valence electrons. The molecule has 2 aliphatic heterocycles. The van der Waals surface area contributed by atoms with Gasteiger partial charge in [-0.1, -0.05) is 30.3 Å². The topological polar surface area (TPSA) is 77.8 Å². The zero-order valence-corrected chi connectivity index (χ0v) is 16.0. The first kappa shape index (κ1) is 17.8. The summed E-state index contributed by atoms with van der Waals surface area (Å²) < 4.78 is 0. The predicted molar refractivity (Wildman–Crippen MR) is 103 cm³/mol. The van der Waals surface area contributed by atoms with Crippen molar-refractivity contribution >= 4 is 23.3 Å². The number of nitrogens with zero attached hydrogens (tertiary/aromatic N) is 1. The Labute approximate surface area is 161 Å². The van der Waals surface area contributed by atoms with E-state index >= 15 is 0 Å². The first-order chi connectivity index (χ1) is 12.9. The van der Waals surface area contributed by atoms with Crippen molar-refractivity contribution in [3.63, 3.8) is 0 Å². The SMILES string of the molecule is CC1=C(C(=O)O)C(c2ccccc2)C(C(=O)O)C2(C)c3sccc3CCN12. The van der Waals surface area contributed by atoms with Crippen LogP contribution in [-0.2, 0) is 21.5 Å². The molecule has 4 rings (SSSR count). The summed E-state index contributed by atoms with van der Waals surface area (Å²) in [6, 6.07) is 11.2. The monoisotopic (exact) mass is 383 g/mol. The van der Waals surface area contributed by atoms with Crippen molar-refractivity contribution in [2.45, 2.75) is 31.7 Å². The van der Waals surface area contributed by atoms with E-state index in [-0.39, 0.29) is 5.57 Å². The molecule has 6 heteroatoms. The summed E-state index contributed by atoms with van der Waals surface area (Å²) in [5.74, 6) is -3.63. The molecule has 3 atom stereocenters. The third-order valence-electron chi connectivity index (χ3n) is 6.07. The molecule has 0 spiro atoms. The third-order valence-corrected chi connectivity index (χ3v) is 7.25. The number of benzene rings is 1. The minimum Gasteiger partial charge on any atom is -0.481 e. The lowest BCUT2D eigenvalue weighted by atomic mass is 9.64. The quantitative estimate of drug-likeness (QED) is 0.845. The summed E-state index contributed by atoms with van der Waals surface area (Å²) in [7, 11) is 0. The Kier molecular flexibility index (Phi) is 4.11. The van der Waals surface area contributed by atoms with E-state index in [2.05, 4.69) is 6.07 Å². The molecule has 3 unspecified atom stereocenters. The molecule has 0 fully saturated rings. The average molecular weight is 383 g/mol. The molecule has 0 aliphatic carbocycles. The number of thiophene rings is 1. The van der Waals surface area contributed by atoms with Crippen LogP contribution in [0.15, 0.2) is 53.0 Å². The van der Waals surface area contributed by atoms with Gasteiger partial charge >= 0.3 is 11.9 Å². The maximum Gasteiger partial charge on any atom is 0.333 e. The number of hydrogen-bond donors (Lipinski definition) is 2. The Bertz CT molecular complexity index is 948. The molecular formula is C21H21NO4S. The summed E-state index contributed by atoms with van der Waals surface area (Å²) in [6.45, 7) is 4.39. The molecule has 2 aliphatic rings. The lowest BCUT2D eigenvalue weighted by Gasteiger charge is -2.55. The van der Waals surface area contributed by atoms with Crippen LogP contribution >= 0.6 is 11.3 Å². The maximum absolute atomic E-state index is 12.6. The van der Waals surface area contributed by atoms with Crippen molar-refractivity contribution in [3.8, 4) is 0 Å². The second-order valence-corrected chi connectivity index (χ2v) is 8.25. The fourth-order valence-electron chi connectivity index (χ4n) is 4.94. The number of carboxylic acids is 2. The number of rotatable bonds is 3. The van der Waals surface area contributed by atoms with Crippen molar-refractivity contribution in [2.24, 2.45) is 5.92 Å². The number of aliphatic carboxylic acids is 2. The smallest absolute Gasteiger partial charge is 0.333 e. The zero-order valence-electron chi connectivity index (χ0n) is 15.2. The van der Waals surface area contributed by atoms with Gasteiger partial charge in [-0.3, -0.25) is 4.79 Å². The molecular weight excluding hydrogens is 362 g/mol. The van der Waals surface area contributed by atoms with E-state index in [1.807, 2.05) is 54.5 Å². The highest BCUT2D eigenvalue weighted by atomic mass is 32.1. The molecule has 0 amide bonds. The highest BCUT2D eigenvalue weighted by molar-refractivity contribution is 7.10. The molecule has 0 saturated heterocycles. The van der Waals surface area contributed by atoms with Crippen molar-refractivity contribution in [1.29, 1.82) is 0 Å². The molecule has 0 bridgehead atoms. The minimum absolute atomic E-state index is 0.186. The van der Waals surface area contributed by atoms with E-state index in [0.29, 0.717) is 12.2 Å². The van der Waals surface area contributed by atoms with Crippen LogP contribution in [0.5, 0.6) is 0 Å². The van der Waals surface area contributed by atoms with Crippen molar-refractivity contribution in [2.75, 3.05) is 6.54 Å². The van der Waals surface area contributed by atoms with Gasteiger partial charge in [0.15, 0.2) is 0 Å². The first-order valence-electron chi connectivity index (χ1n) is 8.93. The second-order valence-electron chi connectivity index (χ2n) is 7.33. The lowest BCUT2D eigenvalue weighted by Crippen LogP contribution is -2.59. The summed E-state index contributed by atoms with van der Waals surface area (Å²) in [5, 5.41) is 22.3. The van der Waals surface area contributed by atoms with Crippen LogP contribution in [-0.4, -0.2) is 33.6 Å². The Hall–Kier alpha value is -2.60. The Morgan fingerprint density at radius 2 is 1.89 bits per heavy atom. The van der Waals surface area contributed by atoms with Gasteiger partial charge in [-0.2, -0.15) is 0 Å². The first-order valence-corrected chi connectivity index (χ1v) is 9.81. The van der Waals surface area contributed by atoms with E-state index in [9.17, 15) is 19.8 Å². The molecule has 0 saturated carbocycles. The summed E-state index contributed by atoms with van der Waals surface area (Å²) >= 11 is 1.56. The Balaban J connectivity index is 2.04. The molecule has 2 aromatic rings. The van der Waals surface area contributed by atoms with E-state index in [1.54, 1.807) is 11.3 Å². The van der Waals surface area contributed by atoms with Crippen LogP contribution in [0, 0.1) is 5.92 Å². The van der Waals surface area contributed by atoms with Gasteiger partial charge in [-0.25, -0.2) is 4.79 Å². The Morgan fingerprint density at radius 3 is 2.52 bits per heavy atom. The molecule has 1 aromatic carbocycles. The minimum atomic E-state index is -1.05. The average Bonchev–Trinajstić information content (AvgIpc) is 3.11. The van der Waals surface area contributed by atoms with Crippen molar-refractivity contribution < 1.29 is 19.8 Å². The van der Waals surface area contributed by atoms with Gasteiger partial charge in [-0.05, 0) is 42.8 Å². The van der Waals surface area contributed by atoms with E-state index in [0.717, 1.165) is 16.9 Å². The van der Waals surface area contributed by atoms with E-state index in [1.165, 1.54) is 5.56 Å². The van der Waals surface area contributed by atoms with Gasteiger partial charge in [0.2, 0.25) is 0 Å². The molecule has 1 aromatic heterocycles. The van der Waals surface area contributed by atoms with Crippen LogP contribution < -0.4 is 0 Å². The summed E-state index contributed by atoms with van der Waals surface area (Å²) in [4.78, 5) is 27.8. The largest absolute Gasteiger partial charge is 0.481 e. The number of carbonyl (C=O) groups is 2. The summed E-state index contributed by atoms with van der Waals surface area (Å²) in [5.41, 5.74) is 1.97. The molecule has 27 heavy (non-hydrogen) atoms. The summed E-state index contributed by atoms with van der Waals surface area (Å²) in [6.07, 6.45) is 0.793. The lowest BCUT2D eigenvalue weighted by molar-refractivity contribution is -0.150. The van der Waals surface area contributed by atoms with Gasteiger partial charge < -0.3 is 15.1 Å². The van der Waals surface area contributed by atoms with Crippen molar-refractivity contribution in [3.05, 3.63) is 69.1 Å². The normalized spacial score (nSPS) is 27.1. The van der Waals surface area contributed by atoms with Crippen LogP contribution in [0.1, 0.15) is 35.8 Å². The molecule has 2 N–H and O–H groups in total. The predicted octanol–water partition coefficient (Wildman–Crippen LogP) is 3.68. The Morgan fingerprint density at radius 1 is 1.19 bits per heavy atom. The van der Waals surface area contributed by atoms with Gasteiger partial charge in [0.25, 0.3) is 0 Å². The standard InChI is InChI=1S/C21H21NO4S/c1-12-15(19(23)24)16(13-6-4-3-5-7-13)17(20(25)26)21(2)18-14(9-11-27-18)8-10-22(12)21/h3-7,9,11,16-17H,8,10H2,1-2H3,(H,23,24)(H,25,26). The van der Waals surface area contributed by atoms with E-state index < -0.39 is 29.3 Å². The number of allylic oxidation sites excluding steroid dienone is 1. The second kappa shape index (κ2) is 6.23. The highest BCUT2D eigenvalue weighted by Crippen LogP contribution is 2.55. The van der Waals surface area contributed by atoms with E-state index in [4.69, 9.17) is 0 Å². The third kappa shape index (κ3) is 2.43. The number of hydrogen-bond acceptors (Lipinski definition) is 4. The fourth-order valence-corrected chi connectivity index (χ4v) is 6.11. The van der Waals surface area contributed by atoms with Crippen molar-refractivity contribution in [1.82, 2.24) is 4.90 Å². The van der Waals surface area contributed by atoms with Crippen LogP contribution in [0.3, 0.4) is 0 Å². The van der Waals surface area contributed by atoms with Gasteiger partial charge in [0, 0.05) is 23.0 Å². The fraction of sp³-hybridized carbons (Fsp3) is 0.333. The van der Waals surface area contributed by atoms with Crippen LogP contribution in [0.2, 0.25) is 0 Å². The van der Waals surface area contributed by atoms with Gasteiger partial charge in [0.1, 0.15) is 0 Å². The van der Waals surface area contributed by atoms with Gasteiger partial charge in [-0.15, -0.1) is 11.3 Å². The zero-order chi connectivity index (χ0) is 19.3. The van der Waals surface area contributed by atoms with Gasteiger partial charge in [0.05, 0.1) is 17.0 Å². The molecule has 5 nitrogen and oxygen atoms in total. The van der Waals surface area contributed by atoms with Crippen LogP contribution in [0.25, 0.3) is 0 Å². The maximum atomic E-state index is 12.6. The number of carboxylic acid groups (broad SMARTS) is 2.